The number of rotatable bonds is 18. The molecule has 3 saturated heterocycles. The number of aromatic nitrogens is 15. The zero-order valence-electron chi connectivity index (χ0n) is 66.1. The maximum atomic E-state index is 12.8. The molecule has 3 N–H and O–H groups in total. The molecule has 13 aromatic rings. The normalized spacial score (nSPS) is 12.9. The third-order valence-corrected chi connectivity index (χ3v) is 23.3. The van der Waals surface area contributed by atoms with Crippen LogP contribution < -0.4 is 53.1 Å². The number of hydrogen-bond acceptors (Lipinski definition) is 25. The molecule has 648 valence electrons. The molecule has 33 nitrogen and oxygen atoms in total. The van der Waals surface area contributed by atoms with Gasteiger partial charge in [-0.3, -0.25) is 24.0 Å². The Kier molecular flexibility index (Phi) is 39.6. The Morgan fingerprint density at radius 3 is 1.15 bits per heavy atom. The molecule has 3 aromatic carbocycles. The number of methoxy groups -OCH3 is 3. The summed E-state index contributed by atoms with van der Waals surface area (Å²) in [5.74, 6) is 0.511. The van der Waals surface area contributed by atoms with Crippen LogP contribution in [0.1, 0.15) is 21.3 Å². The fraction of sp³-hybridized carbons (Fsp3) is 0.321. The molecule has 2 amide bonds. The number of pyridine rings is 5. The van der Waals surface area contributed by atoms with Crippen LogP contribution in [0.25, 0.3) is 55.2 Å². The van der Waals surface area contributed by atoms with Crippen LogP contribution in [-0.4, -0.2) is 237 Å². The van der Waals surface area contributed by atoms with Gasteiger partial charge in [0.1, 0.15) is 64.8 Å². The summed E-state index contributed by atoms with van der Waals surface area (Å²) in [6.45, 7) is 14.2. The molecule has 0 unspecified atom stereocenters. The summed E-state index contributed by atoms with van der Waals surface area (Å²) in [4.78, 5) is 90.4. The Morgan fingerprint density at radius 1 is 0.423 bits per heavy atom. The number of hydrogen-bond donors (Lipinski definition) is 2. The smallest absolute Gasteiger partial charge is 0.870 e. The second kappa shape index (κ2) is 48.4. The topological polar surface area (TPSA) is 364 Å². The summed E-state index contributed by atoms with van der Waals surface area (Å²) in [7, 11) is 4.84. The van der Waals surface area contributed by atoms with Crippen molar-refractivity contribution in [3.8, 4) is 17.2 Å². The van der Waals surface area contributed by atoms with Crippen LogP contribution in [0.3, 0.4) is 0 Å². The summed E-state index contributed by atoms with van der Waals surface area (Å²) < 4.78 is 36.3. The summed E-state index contributed by atoms with van der Waals surface area (Å²) >= 11 is 50.2. The van der Waals surface area contributed by atoms with Crippen molar-refractivity contribution in [2.24, 2.45) is 0 Å². The van der Waals surface area contributed by atoms with Crippen LogP contribution in [0.15, 0.2) is 128 Å². The molecule has 0 saturated carbocycles. The number of piperazine rings is 3. The van der Waals surface area contributed by atoms with Gasteiger partial charge in [0.2, 0.25) is 11.8 Å². The number of benzene rings is 3. The summed E-state index contributed by atoms with van der Waals surface area (Å²) in [6.07, 6.45) is 9.49. The van der Waals surface area contributed by atoms with Gasteiger partial charge in [-0.25, -0.2) is 48.3 Å². The quantitative estimate of drug-likeness (QED) is 0.0458. The zero-order valence-corrected chi connectivity index (χ0v) is 80.1. The van der Waals surface area contributed by atoms with E-state index in [1.165, 1.54) is 27.4 Å². The third-order valence-electron chi connectivity index (χ3n) is 18.3. The molecule has 3 fully saturated rings. The largest absolute Gasteiger partial charge is 1.00 e. The summed E-state index contributed by atoms with van der Waals surface area (Å²) in [6, 6.07) is 28.2. The molecule has 0 atom stereocenters. The van der Waals surface area contributed by atoms with E-state index in [0.717, 1.165) is 108 Å². The number of carbonyl (C=O) groups excluding carboxylic acids is 4. The van der Waals surface area contributed by atoms with Crippen molar-refractivity contribution in [2.45, 2.75) is 54.0 Å². The average molecular weight is 2270 g/mol. The molecular formula is C78H81Cl7I4LiN21O12. The van der Waals surface area contributed by atoms with E-state index in [4.69, 9.17) is 110 Å². The second-order valence-electron chi connectivity index (χ2n) is 26.0. The van der Waals surface area contributed by atoms with Crippen molar-refractivity contribution < 1.29 is 77.1 Å². The van der Waals surface area contributed by atoms with Gasteiger partial charge in [0.05, 0.1) is 97.4 Å². The maximum absolute atomic E-state index is 12.8. The molecule has 123 heavy (non-hydrogen) atoms. The number of amides is 2. The van der Waals surface area contributed by atoms with E-state index in [9.17, 15) is 24.0 Å². The van der Waals surface area contributed by atoms with Crippen molar-refractivity contribution in [1.82, 2.24) is 88.9 Å². The first-order valence-corrected chi connectivity index (χ1v) is 43.7. The van der Waals surface area contributed by atoms with Gasteiger partial charge < -0.3 is 64.1 Å². The molecule has 13 heterocycles. The van der Waals surface area contributed by atoms with Crippen LogP contribution in [0.5, 0.6) is 17.2 Å². The SMILES string of the molecule is C.CCOC(=O)Cn1nc(I)c2cc(Cl)cnc21.CCOC(=O)Cn1nc(I)c2cccnc21.COc1cc(N2CCN(C(=O)Cn3nc(I)c4cc(Cl)cnc43)CC2)ccc1Cl.COc1cc(N2CCN(C(=O)Cn3ncc4cc(Cl)cnc43)CC2)ccc1Cl.COc1cc(N2CCNCC2)ccc1Cl.O=C(O)Cn1nc(I)c2cc(Cl)cnc21.[Li+].[OH-]. The van der Waals surface area contributed by atoms with Crippen molar-refractivity contribution in [1.29, 1.82) is 0 Å². The Balaban J connectivity index is 0.000000187. The zero-order chi connectivity index (χ0) is 85.8. The van der Waals surface area contributed by atoms with E-state index < -0.39 is 5.97 Å². The number of carbonyl (C=O) groups is 5. The molecule has 16 rings (SSSR count). The van der Waals surface area contributed by atoms with E-state index in [0.29, 0.717) is 118 Å². The molecule has 45 heteroatoms. The van der Waals surface area contributed by atoms with Gasteiger partial charge in [-0.1, -0.05) is 88.6 Å². The van der Waals surface area contributed by atoms with Gasteiger partial charge in [-0.15, -0.1) is 0 Å². The molecule has 0 bridgehead atoms. The Bertz CT molecular complexity index is 5820. The van der Waals surface area contributed by atoms with Gasteiger partial charge in [0.25, 0.3) is 0 Å². The number of nitrogens with zero attached hydrogens (tertiary/aromatic N) is 20. The van der Waals surface area contributed by atoms with E-state index in [2.05, 4.69) is 138 Å². The van der Waals surface area contributed by atoms with Crippen molar-refractivity contribution in [3.05, 3.63) is 178 Å². The van der Waals surface area contributed by atoms with E-state index >= 15 is 0 Å². The fourth-order valence-electron chi connectivity index (χ4n) is 12.6. The molecular weight excluding hydrogens is 2190 g/mol. The molecule has 0 spiro atoms. The number of halogens is 11. The number of carboxylic acid groups (broad SMARTS) is 1. The monoisotopic (exact) mass is 2260 g/mol. The first kappa shape index (κ1) is 101. The molecule has 3 aliphatic heterocycles. The van der Waals surface area contributed by atoms with Gasteiger partial charge in [-0.2, -0.15) is 25.5 Å². The number of esters is 2. The minimum atomic E-state index is -0.951. The third kappa shape index (κ3) is 27.0. The molecule has 3 aliphatic rings. The van der Waals surface area contributed by atoms with Crippen molar-refractivity contribution in [3.63, 3.8) is 0 Å². The predicted molar refractivity (Wildman–Crippen MR) is 505 cm³/mol. The van der Waals surface area contributed by atoms with Crippen LogP contribution in [-0.2, 0) is 66.2 Å². The predicted octanol–water partition coefficient (Wildman–Crippen LogP) is 11.6. The van der Waals surface area contributed by atoms with Crippen LogP contribution in [0, 0.1) is 14.8 Å². The Morgan fingerprint density at radius 2 is 0.764 bits per heavy atom. The molecule has 0 radical (unpaired) electrons. The summed E-state index contributed by atoms with van der Waals surface area (Å²) in [5, 5.41) is 41.5. The van der Waals surface area contributed by atoms with Crippen LogP contribution in [0.2, 0.25) is 35.2 Å². The van der Waals surface area contributed by atoms with Gasteiger partial charge >= 0.3 is 36.8 Å². The second-order valence-corrected chi connectivity index (χ2v) is 33.1. The average Bonchev–Trinajstić information content (AvgIpc) is 1.77. The summed E-state index contributed by atoms with van der Waals surface area (Å²) in [5.41, 5.74) is 6.44. The van der Waals surface area contributed by atoms with E-state index in [1.54, 1.807) is 92.2 Å². The van der Waals surface area contributed by atoms with Crippen molar-refractivity contribution in [2.75, 3.05) is 128 Å². The molecule has 10 aromatic heterocycles. The fourth-order valence-corrected chi connectivity index (χ4v) is 16.5. The standard InChI is InChI=1S/C19H18Cl2IN5O2.C19H19Cl2N5O2.C11H15ClN2O.C10H9ClIN3O2.C10H10IN3O2.C8H5ClIN3O2.CH4.Li.H2O/c1-29-16-9-13(2-3-15(16)21)25-4-6-26(7-5-25)17(28)11-27-19-14(18(22)24-27)8-12(20)10-23-19;1-28-17-9-15(2-3-16(17)21)24-4-6-25(7-5-24)18(27)12-26-19-13(10-23-26)8-14(20)11-22-19;1-15-11-8-9(2-3-10(11)12)14-6-4-13-5-7-14;1-2-17-8(16)5-15-10-7(9(12)14-15)3-6(11)4-13-10;1-2-16-8(15)6-14-10-7(9(11)13-14)4-3-5-12-10;9-4-1-5-7(10)12-13(3-6(14)15)8(5)11-2-4;;;/h2-3,8-10H,4-7,11H2,1H3;2-3,8-11H,4-7,12H2,1H3;2-3,8,13H,4-7H2,1H3;3-4H,2,5H2,1H3;3-5H,2,6H2,1H3;1-2H,3H2,(H,14,15);1H4;;1H2/q;;;;;;;+1;/p-1. The number of aliphatic carboxylic acids is 1. The first-order chi connectivity index (χ1) is 57.7. The molecule has 0 aliphatic carbocycles. The van der Waals surface area contributed by atoms with E-state index in [1.807, 2.05) is 105 Å². The number of nitrogens with one attached hydrogen (secondary N) is 1. The minimum absolute atomic E-state index is 0. The Labute approximate surface area is 808 Å². The number of fused-ring (bicyclic) bond motifs is 5. The van der Waals surface area contributed by atoms with Crippen LogP contribution in [0.4, 0.5) is 17.1 Å². The van der Waals surface area contributed by atoms with Crippen molar-refractivity contribution >= 4 is 274 Å². The maximum Gasteiger partial charge on any atom is 1.00 e. The number of ether oxygens (including phenoxy) is 5. The van der Waals surface area contributed by atoms with Gasteiger partial charge in [0, 0.05) is 150 Å². The number of carboxylic acids is 1. The van der Waals surface area contributed by atoms with Gasteiger partial charge in [-0.05, 0) is 177 Å². The number of anilines is 3. The first-order valence-electron chi connectivity index (χ1n) is 36.7. The van der Waals surface area contributed by atoms with Gasteiger partial charge in [0.15, 0.2) is 28.2 Å². The Hall–Kier alpha value is -7.62. The minimum Gasteiger partial charge on any atom is -0.870 e. The van der Waals surface area contributed by atoms with E-state index in [-0.39, 0.29) is 88.2 Å². The van der Waals surface area contributed by atoms with Crippen LogP contribution >= 0.6 is 172 Å².